The highest BCUT2D eigenvalue weighted by molar-refractivity contribution is 7.92. The van der Waals surface area contributed by atoms with Crippen molar-refractivity contribution in [1.82, 2.24) is 4.31 Å². The van der Waals surface area contributed by atoms with Gasteiger partial charge in [-0.3, -0.25) is 0 Å². The molecule has 0 radical (unpaired) electrons. The summed E-state index contributed by atoms with van der Waals surface area (Å²) in [6.07, 6.45) is 0.422. The number of rotatable bonds is 2. The van der Waals surface area contributed by atoms with E-state index in [0.717, 1.165) is 0 Å². The van der Waals surface area contributed by atoms with Crippen molar-refractivity contribution >= 4 is 19.9 Å². The van der Waals surface area contributed by atoms with Gasteiger partial charge in [-0.05, 0) is 19.8 Å². The quantitative estimate of drug-likeness (QED) is 0.695. The second kappa shape index (κ2) is 3.91. The number of hydrogen-bond acceptors (Lipinski definition) is 5. The summed E-state index contributed by atoms with van der Waals surface area (Å²) in [7, 11) is -6.38. The van der Waals surface area contributed by atoms with Gasteiger partial charge in [-0.1, -0.05) is 0 Å². The van der Waals surface area contributed by atoms with E-state index in [-0.39, 0.29) is 24.3 Å². The summed E-state index contributed by atoms with van der Waals surface area (Å²) in [5, 5.41) is -0.554. The minimum absolute atomic E-state index is 0.0232. The third-order valence-corrected chi connectivity index (χ3v) is 7.37. The highest BCUT2D eigenvalue weighted by Crippen LogP contribution is 2.28. The molecule has 8 heteroatoms. The fourth-order valence-corrected chi connectivity index (χ4v) is 6.31. The summed E-state index contributed by atoms with van der Waals surface area (Å²) in [5.41, 5.74) is 5.34. The highest BCUT2D eigenvalue weighted by atomic mass is 32.2. The third-order valence-electron chi connectivity index (χ3n) is 3.36. The second-order valence-electron chi connectivity index (χ2n) is 5.32. The van der Waals surface area contributed by atoms with Crippen LogP contribution in [0.2, 0.25) is 0 Å². The second-order valence-corrected chi connectivity index (χ2v) is 9.83. The summed E-state index contributed by atoms with van der Waals surface area (Å²) >= 11 is 0. The van der Waals surface area contributed by atoms with Crippen molar-refractivity contribution in [3.05, 3.63) is 0 Å². The Bertz CT molecular complexity index is 487. The molecule has 2 fully saturated rings. The first kappa shape index (κ1) is 13.3. The van der Waals surface area contributed by atoms with E-state index in [2.05, 4.69) is 0 Å². The van der Waals surface area contributed by atoms with Crippen molar-refractivity contribution in [2.45, 2.75) is 30.6 Å². The van der Waals surface area contributed by atoms with E-state index in [4.69, 9.17) is 5.73 Å². The zero-order valence-electron chi connectivity index (χ0n) is 9.79. The van der Waals surface area contributed by atoms with Gasteiger partial charge in [0.1, 0.15) is 9.84 Å². The number of nitrogens with two attached hydrogens (primary N) is 1. The van der Waals surface area contributed by atoms with Gasteiger partial charge in [0, 0.05) is 18.6 Å². The molecule has 0 atom stereocenters. The molecule has 0 aromatic carbocycles. The third kappa shape index (κ3) is 2.64. The van der Waals surface area contributed by atoms with Crippen molar-refractivity contribution in [3.8, 4) is 0 Å². The Morgan fingerprint density at radius 1 is 1.24 bits per heavy atom. The standard InChI is InChI=1S/C9H18N2O4S2/c1-9(10)6-11(7-9)17(14,15)8-2-4-16(12,13)5-3-8/h8H,2-7,10H2,1H3. The van der Waals surface area contributed by atoms with Crippen LogP contribution in [0.25, 0.3) is 0 Å². The Labute approximate surface area is 102 Å². The molecule has 17 heavy (non-hydrogen) atoms. The first-order valence-corrected chi connectivity index (χ1v) is 8.93. The summed E-state index contributed by atoms with van der Waals surface area (Å²) < 4.78 is 48.2. The summed E-state index contributed by atoms with van der Waals surface area (Å²) in [6, 6.07) is 0. The maximum atomic E-state index is 12.1. The monoisotopic (exact) mass is 282 g/mol. The van der Waals surface area contributed by atoms with Crippen LogP contribution in [0.3, 0.4) is 0 Å². The minimum Gasteiger partial charge on any atom is -0.323 e. The maximum absolute atomic E-state index is 12.1. The Morgan fingerprint density at radius 2 is 1.71 bits per heavy atom. The van der Waals surface area contributed by atoms with E-state index < -0.39 is 30.6 Å². The van der Waals surface area contributed by atoms with Gasteiger partial charge < -0.3 is 5.73 Å². The molecule has 2 saturated heterocycles. The largest absolute Gasteiger partial charge is 0.323 e. The van der Waals surface area contributed by atoms with E-state index in [1.165, 1.54) is 4.31 Å². The molecule has 0 unspecified atom stereocenters. The SMILES string of the molecule is CC1(N)CN(S(=O)(=O)C2CCS(=O)(=O)CC2)C1. The first-order valence-electron chi connectivity index (χ1n) is 5.61. The van der Waals surface area contributed by atoms with Crippen LogP contribution < -0.4 is 5.73 Å². The molecule has 0 aliphatic carbocycles. The molecule has 0 bridgehead atoms. The average Bonchev–Trinajstić information content (AvgIpc) is 2.13. The lowest BCUT2D eigenvalue weighted by atomic mass is 9.97. The van der Waals surface area contributed by atoms with E-state index >= 15 is 0 Å². The van der Waals surface area contributed by atoms with Gasteiger partial charge in [-0.2, -0.15) is 4.31 Å². The first-order chi connectivity index (χ1) is 7.62. The number of nitrogens with zero attached hydrogens (tertiary/aromatic N) is 1. The van der Waals surface area contributed by atoms with Gasteiger partial charge >= 0.3 is 0 Å². The number of sulfone groups is 1. The minimum atomic E-state index is -3.36. The molecule has 0 saturated carbocycles. The molecule has 6 nitrogen and oxygen atoms in total. The molecule has 0 spiro atoms. The average molecular weight is 282 g/mol. The van der Waals surface area contributed by atoms with Crippen LogP contribution in [0.5, 0.6) is 0 Å². The molecule has 0 aromatic heterocycles. The van der Waals surface area contributed by atoms with E-state index in [9.17, 15) is 16.8 Å². The van der Waals surface area contributed by atoms with Crippen LogP contribution >= 0.6 is 0 Å². The predicted octanol–water partition coefficient (Wildman–Crippen LogP) is -1.07. The summed E-state index contributed by atoms with van der Waals surface area (Å²) in [4.78, 5) is 0. The van der Waals surface area contributed by atoms with Gasteiger partial charge in [0.25, 0.3) is 0 Å². The normalized spacial score (nSPS) is 29.8. The highest BCUT2D eigenvalue weighted by Gasteiger charge is 2.46. The van der Waals surface area contributed by atoms with Gasteiger partial charge in [0.15, 0.2) is 0 Å². The lowest BCUT2D eigenvalue weighted by molar-refractivity contribution is 0.174. The summed E-state index contributed by atoms with van der Waals surface area (Å²) in [5.74, 6) is -0.0464. The van der Waals surface area contributed by atoms with Crippen LogP contribution in [-0.2, 0) is 19.9 Å². The van der Waals surface area contributed by atoms with Crippen molar-refractivity contribution in [2.24, 2.45) is 5.73 Å². The van der Waals surface area contributed by atoms with E-state index in [1.807, 2.05) is 6.92 Å². The Kier molecular flexibility index (Phi) is 3.05. The van der Waals surface area contributed by atoms with E-state index in [1.54, 1.807) is 0 Å². The fraction of sp³-hybridized carbons (Fsp3) is 1.00. The van der Waals surface area contributed by atoms with Crippen molar-refractivity contribution < 1.29 is 16.8 Å². The topological polar surface area (TPSA) is 97.5 Å². The van der Waals surface area contributed by atoms with Crippen LogP contribution in [0.1, 0.15) is 19.8 Å². The van der Waals surface area contributed by atoms with Gasteiger partial charge in [0.05, 0.1) is 16.8 Å². The number of hydrogen-bond donors (Lipinski definition) is 1. The zero-order valence-corrected chi connectivity index (χ0v) is 11.4. The van der Waals surface area contributed by atoms with Crippen LogP contribution in [0, 0.1) is 0 Å². The Hall–Kier alpha value is -0.180. The molecule has 0 amide bonds. The molecular weight excluding hydrogens is 264 g/mol. The van der Waals surface area contributed by atoms with Crippen molar-refractivity contribution in [2.75, 3.05) is 24.6 Å². The van der Waals surface area contributed by atoms with Crippen LogP contribution in [-0.4, -0.2) is 56.5 Å². The molecule has 100 valence electrons. The lowest BCUT2D eigenvalue weighted by Gasteiger charge is -2.45. The van der Waals surface area contributed by atoms with Crippen molar-refractivity contribution in [1.29, 1.82) is 0 Å². The van der Waals surface area contributed by atoms with Gasteiger partial charge in [-0.15, -0.1) is 0 Å². The Morgan fingerprint density at radius 3 is 2.12 bits per heavy atom. The lowest BCUT2D eigenvalue weighted by Crippen LogP contribution is -2.68. The fourth-order valence-electron chi connectivity index (χ4n) is 2.32. The molecule has 2 aliphatic heterocycles. The van der Waals surface area contributed by atoms with Crippen LogP contribution in [0.4, 0.5) is 0 Å². The molecule has 0 aromatic rings. The molecule has 2 aliphatic rings. The van der Waals surface area contributed by atoms with E-state index in [0.29, 0.717) is 13.1 Å². The van der Waals surface area contributed by atoms with Crippen molar-refractivity contribution in [3.63, 3.8) is 0 Å². The van der Waals surface area contributed by atoms with Gasteiger partial charge in [-0.25, -0.2) is 16.8 Å². The molecular formula is C9H18N2O4S2. The summed E-state index contributed by atoms with van der Waals surface area (Å²) in [6.45, 7) is 2.47. The molecule has 2 heterocycles. The molecule has 2 rings (SSSR count). The number of sulfonamides is 1. The molecule has 2 N–H and O–H groups in total. The predicted molar refractivity (Wildman–Crippen MR) is 64.8 cm³/mol. The Balaban J connectivity index is 2.04. The van der Waals surface area contributed by atoms with Crippen LogP contribution in [0.15, 0.2) is 0 Å². The maximum Gasteiger partial charge on any atom is 0.217 e. The van der Waals surface area contributed by atoms with Gasteiger partial charge in [0.2, 0.25) is 10.0 Å². The zero-order chi connectivity index (χ0) is 12.9. The smallest absolute Gasteiger partial charge is 0.217 e.